The lowest BCUT2D eigenvalue weighted by atomic mass is 10.1. The lowest BCUT2D eigenvalue weighted by Crippen LogP contribution is -2.37. The third kappa shape index (κ3) is 1.04. The van der Waals surface area contributed by atoms with Crippen molar-refractivity contribution in [3.05, 3.63) is 19.1 Å². The van der Waals surface area contributed by atoms with Gasteiger partial charge in [0.1, 0.15) is 12.2 Å². The molecule has 0 saturated carbocycles. The highest BCUT2D eigenvalue weighted by Gasteiger charge is 2.44. The average molecular weight is 168 g/mol. The number of fused-ring (bicyclic) bond motifs is 1. The van der Waals surface area contributed by atoms with Gasteiger partial charge in [-0.05, 0) is 13.0 Å². The molecule has 4 nitrogen and oxygen atoms in total. The molecule has 0 aromatic heterocycles. The van der Waals surface area contributed by atoms with Gasteiger partial charge in [-0.3, -0.25) is 0 Å². The molecule has 12 heavy (non-hydrogen) atoms. The largest absolute Gasteiger partial charge is 0.453 e. The molecule has 1 saturated heterocycles. The minimum Gasteiger partial charge on any atom is -0.453 e. The zero-order chi connectivity index (χ0) is 8.72. The maximum Gasteiger partial charge on any atom is 0.330 e. The van der Waals surface area contributed by atoms with Crippen molar-refractivity contribution < 1.29 is 19.4 Å². The van der Waals surface area contributed by atoms with Crippen LogP contribution in [0.5, 0.6) is 0 Å². The maximum atomic E-state index is 10.7. The number of aliphatic hydroxyl groups excluding tert-OH is 1. The van der Waals surface area contributed by atoms with E-state index in [4.69, 9.17) is 16.4 Å². The molecule has 2 aliphatic rings. The Morgan fingerprint density at radius 3 is 3.08 bits per heavy atom. The monoisotopic (exact) mass is 168 g/mol. The van der Waals surface area contributed by atoms with Gasteiger partial charge in [0.05, 0.1) is 6.10 Å². The van der Waals surface area contributed by atoms with E-state index in [1.54, 1.807) is 6.08 Å². The van der Waals surface area contributed by atoms with Gasteiger partial charge in [0.2, 0.25) is 0 Å². The van der Waals surface area contributed by atoms with Crippen molar-refractivity contribution in [2.75, 3.05) is 0 Å². The van der Waals surface area contributed by atoms with Crippen LogP contribution in [-0.4, -0.2) is 35.5 Å². The Bertz CT molecular complexity index is 235. The smallest absolute Gasteiger partial charge is 0.330 e. The van der Waals surface area contributed by atoms with Crippen molar-refractivity contribution >= 4 is 5.97 Å². The summed E-state index contributed by atoms with van der Waals surface area (Å²) in [5, 5.41) is 9.35. The van der Waals surface area contributed by atoms with E-state index in [1.807, 2.05) is 0 Å². The van der Waals surface area contributed by atoms with Crippen LogP contribution in [0.1, 0.15) is 0 Å². The van der Waals surface area contributed by atoms with Crippen LogP contribution in [0.25, 0.3) is 0 Å². The lowest BCUT2D eigenvalue weighted by Gasteiger charge is -2.20. The van der Waals surface area contributed by atoms with Crippen molar-refractivity contribution in [3.63, 3.8) is 0 Å². The Balaban J connectivity index is 2.20. The van der Waals surface area contributed by atoms with Gasteiger partial charge in [0.15, 0.2) is 6.10 Å². The Morgan fingerprint density at radius 2 is 2.33 bits per heavy atom. The molecule has 1 unspecified atom stereocenters. The second kappa shape index (κ2) is 2.57. The van der Waals surface area contributed by atoms with Crippen molar-refractivity contribution in [2.45, 2.75) is 24.4 Å². The first kappa shape index (κ1) is 7.76. The predicted molar refractivity (Wildman–Crippen MR) is 38.0 cm³/mol. The molecule has 0 aromatic carbocycles. The van der Waals surface area contributed by atoms with E-state index in [9.17, 15) is 9.90 Å². The van der Waals surface area contributed by atoms with Gasteiger partial charge in [-0.2, -0.15) is 0 Å². The molecule has 1 fully saturated rings. The summed E-state index contributed by atoms with van der Waals surface area (Å²) in [6, 6.07) is 0. The highest BCUT2D eigenvalue weighted by Crippen LogP contribution is 2.26. The van der Waals surface area contributed by atoms with Gasteiger partial charge in [0, 0.05) is 6.08 Å². The number of rotatable bonds is 0. The third-order valence-electron chi connectivity index (χ3n) is 1.99. The first-order valence-corrected chi connectivity index (χ1v) is 3.66. The number of carbonyl (C=O) groups excluding carboxylic acids is 1. The van der Waals surface area contributed by atoms with Gasteiger partial charge in [-0.1, -0.05) is 0 Å². The fraction of sp³-hybridized carbons (Fsp3) is 0.500. The molecule has 0 spiro atoms. The molecule has 64 valence electrons. The van der Waals surface area contributed by atoms with Gasteiger partial charge < -0.3 is 14.6 Å². The van der Waals surface area contributed by atoms with E-state index >= 15 is 0 Å². The molecule has 2 radical (unpaired) electrons. The summed E-state index contributed by atoms with van der Waals surface area (Å²) < 4.78 is 9.90. The SMILES string of the molecule is [CH][C@@H]1O[C@@H]2C=CC(=O)O[C@@H]2C1O. The number of esters is 1. The van der Waals surface area contributed by atoms with Crippen LogP contribution in [0.2, 0.25) is 0 Å². The summed E-state index contributed by atoms with van der Waals surface area (Å²) in [7, 11) is 0. The lowest BCUT2D eigenvalue weighted by molar-refractivity contribution is -0.150. The molecule has 1 N–H and O–H groups in total. The fourth-order valence-corrected chi connectivity index (χ4v) is 1.36. The molecule has 0 aromatic rings. The van der Waals surface area contributed by atoms with E-state index in [0.717, 1.165) is 0 Å². The standard InChI is InChI=1S/C8H8O4/c1-4-7(10)8-5(11-4)2-3-6(9)12-8/h1-5,7-8,10H/t4-,5+,7?,8-/m0/s1. The normalized spacial score (nSPS) is 45.7. The van der Waals surface area contributed by atoms with Crippen molar-refractivity contribution in [2.24, 2.45) is 0 Å². The van der Waals surface area contributed by atoms with Crippen molar-refractivity contribution in [1.82, 2.24) is 0 Å². The first-order chi connectivity index (χ1) is 5.68. The summed E-state index contributed by atoms with van der Waals surface area (Å²) in [6.45, 7) is 5.39. The van der Waals surface area contributed by atoms with Crippen molar-refractivity contribution in [3.8, 4) is 0 Å². The molecule has 0 aliphatic carbocycles. The maximum absolute atomic E-state index is 10.7. The Labute approximate surface area is 69.8 Å². The van der Waals surface area contributed by atoms with Crippen LogP contribution >= 0.6 is 0 Å². The summed E-state index contributed by atoms with van der Waals surface area (Å²) in [6.07, 6.45) is 0.0862. The fourth-order valence-electron chi connectivity index (χ4n) is 1.36. The van der Waals surface area contributed by atoms with Gasteiger partial charge in [-0.15, -0.1) is 0 Å². The van der Waals surface area contributed by atoms with Crippen LogP contribution in [0.3, 0.4) is 0 Å². The molecule has 2 heterocycles. The van der Waals surface area contributed by atoms with E-state index in [0.29, 0.717) is 0 Å². The van der Waals surface area contributed by atoms with Crippen molar-refractivity contribution in [1.29, 1.82) is 0 Å². The van der Waals surface area contributed by atoms with E-state index in [2.05, 4.69) is 0 Å². The number of hydrogen-bond acceptors (Lipinski definition) is 4. The highest BCUT2D eigenvalue weighted by molar-refractivity contribution is 5.83. The summed E-state index contributed by atoms with van der Waals surface area (Å²) >= 11 is 0. The molecular formula is C8H8O4. The zero-order valence-electron chi connectivity index (χ0n) is 6.21. The Kier molecular flexibility index (Phi) is 1.66. The Morgan fingerprint density at radius 1 is 1.58 bits per heavy atom. The van der Waals surface area contributed by atoms with Crippen LogP contribution in [-0.2, 0) is 14.3 Å². The minimum atomic E-state index is -0.927. The molecule has 0 amide bonds. The molecule has 2 aliphatic heterocycles. The van der Waals surface area contributed by atoms with Gasteiger partial charge in [-0.25, -0.2) is 4.79 Å². The molecular weight excluding hydrogens is 160 g/mol. The average Bonchev–Trinajstić information content (AvgIpc) is 2.31. The van der Waals surface area contributed by atoms with Gasteiger partial charge in [0.25, 0.3) is 0 Å². The summed E-state index contributed by atoms with van der Waals surface area (Å²) in [5.41, 5.74) is 0. The van der Waals surface area contributed by atoms with Crippen LogP contribution in [0, 0.1) is 6.92 Å². The number of carbonyl (C=O) groups is 1. The third-order valence-corrected chi connectivity index (χ3v) is 1.99. The second-order valence-corrected chi connectivity index (χ2v) is 2.82. The molecule has 4 heteroatoms. The van der Waals surface area contributed by atoms with Crippen LogP contribution in [0.4, 0.5) is 0 Å². The summed E-state index contributed by atoms with van der Waals surface area (Å²) in [5.74, 6) is -0.465. The summed E-state index contributed by atoms with van der Waals surface area (Å²) in [4.78, 5) is 10.7. The first-order valence-electron chi connectivity index (χ1n) is 3.66. The second-order valence-electron chi connectivity index (χ2n) is 2.82. The zero-order valence-corrected chi connectivity index (χ0v) is 6.21. The van der Waals surface area contributed by atoms with E-state index in [1.165, 1.54) is 6.08 Å². The quantitative estimate of drug-likeness (QED) is 0.486. The minimum absolute atomic E-state index is 0.396. The van der Waals surface area contributed by atoms with Crippen LogP contribution < -0.4 is 0 Å². The number of ether oxygens (including phenoxy) is 2. The Hall–Kier alpha value is -0.870. The van der Waals surface area contributed by atoms with Crippen LogP contribution in [0.15, 0.2) is 12.2 Å². The molecule has 0 bridgehead atoms. The number of hydrogen-bond donors (Lipinski definition) is 1. The van der Waals surface area contributed by atoms with E-state index in [-0.39, 0.29) is 0 Å². The predicted octanol–water partition coefficient (Wildman–Crippen LogP) is -0.693. The van der Waals surface area contributed by atoms with Gasteiger partial charge >= 0.3 is 5.97 Å². The highest BCUT2D eigenvalue weighted by atomic mass is 16.6. The topological polar surface area (TPSA) is 55.8 Å². The molecule has 2 rings (SSSR count). The van der Waals surface area contributed by atoms with E-state index < -0.39 is 30.4 Å². The molecule has 4 atom stereocenters. The number of aliphatic hydroxyl groups is 1.